The molecule has 1 saturated heterocycles. The molecular weight excluding hydrogens is 424 g/mol. The zero-order chi connectivity index (χ0) is 23.7. The van der Waals surface area contributed by atoms with Gasteiger partial charge in [-0.25, -0.2) is 0 Å². The molecule has 1 aliphatic carbocycles. The molecule has 0 saturated carbocycles. The Balaban J connectivity index is 1.31. The summed E-state index contributed by atoms with van der Waals surface area (Å²) in [6, 6.07) is 25.2. The van der Waals surface area contributed by atoms with E-state index in [2.05, 4.69) is 46.2 Å². The number of para-hydroxylation sites is 1. The number of nitrogens with zero attached hydrogens (tertiary/aromatic N) is 2. The highest BCUT2D eigenvalue weighted by Gasteiger charge is 2.31. The minimum absolute atomic E-state index is 0.0739. The summed E-state index contributed by atoms with van der Waals surface area (Å²) in [5.74, 6) is -0.694. The van der Waals surface area contributed by atoms with Crippen LogP contribution < -0.4 is 21.3 Å². The Labute approximate surface area is 198 Å². The van der Waals surface area contributed by atoms with E-state index in [-0.39, 0.29) is 28.5 Å². The van der Waals surface area contributed by atoms with E-state index >= 15 is 0 Å². The second-order valence-electron chi connectivity index (χ2n) is 8.49. The Bertz CT molecular complexity index is 1300. The molecule has 1 aliphatic heterocycles. The maximum atomic E-state index is 13.0. The number of hydrogen-bond acceptors (Lipinski definition) is 6. The number of Topliss-reactive ketones (excluding diaryl/α,β-unsaturated/α-hetero) is 2. The van der Waals surface area contributed by atoms with Gasteiger partial charge in [0.1, 0.15) is 0 Å². The van der Waals surface area contributed by atoms with Crippen molar-refractivity contribution in [1.82, 2.24) is 0 Å². The first-order chi connectivity index (χ1) is 16.5. The number of benzene rings is 3. The fourth-order valence-corrected chi connectivity index (χ4v) is 4.58. The average molecular weight is 451 g/mol. The first-order valence-electron chi connectivity index (χ1n) is 11.3. The maximum Gasteiger partial charge on any atom is 0.210 e. The number of nitrogens with two attached hydrogens (primary N) is 2. The van der Waals surface area contributed by atoms with Gasteiger partial charge in [0, 0.05) is 54.4 Å². The molecule has 1 heterocycles. The van der Waals surface area contributed by atoms with E-state index in [1.165, 1.54) is 5.69 Å². The van der Waals surface area contributed by atoms with Gasteiger partial charge in [-0.1, -0.05) is 54.6 Å². The lowest BCUT2D eigenvalue weighted by Gasteiger charge is -2.37. The summed E-state index contributed by atoms with van der Waals surface area (Å²) in [7, 11) is 0. The van der Waals surface area contributed by atoms with Gasteiger partial charge in [-0.3, -0.25) is 9.59 Å². The number of rotatable bonds is 4. The van der Waals surface area contributed by atoms with E-state index in [0.29, 0.717) is 11.1 Å². The second kappa shape index (κ2) is 8.90. The van der Waals surface area contributed by atoms with Crippen molar-refractivity contribution in [2.75, 3.05) is 36.0 Å². The average Bonchev–Trinajstić information content (AvgIpc) is 2.88. The van der Waals surface area contributed by atoms with Gasteiger partial charge in [-0.15, -0.1) is 0 Å². The van der Waals surface area contributed by atoms with Crippen LogP contribution in [0, 0.1) is 0 Å². The molecule has 6 nitrogen and oxygen atoms in total. The van der Waals surface area contributed by atoms with Gasteiger partial charge >= 0.3 is 0 Å². The molecule has 5 rings (SSSR count). The van der Waals surface area contributed by atoms with Crippen molar-refractivity contribution < 1.29 is 9.59 Å². The number of allylic oxidation sites excluding steroid dienone is 2. The van der Waals surface area contributed by atoms with Crippen LogP contribution in [0.5, 0.6) is 0 Å². The zero-order valence-electron chi connectivity index (χ0n) is 18.8. The molecule has 3 aromatic rings. The van der Waals surface area contributed by atoms with E-state index in [1.807, 2.05) is 18.2 Å². The third-order valence-electron chi connectivity index (χ3n) is 6.43. The lowest BCUT2D eigenvalue weighted by Crippen LogP contribution is -2.46. The van der Waals surface area contributed by atoms with Gasteiger partial charge in [0.2, 0.25) is 5.78 Å². The molecule has 34 heavy (non-hydrogen) atoms. The summed E-state index contributed by atoms with van der Waals surface area (Å²) in [5, 5.41) is 0. The van der Waals surface area contributed by atoms with Crippen molar-refractivity contribution in [1.29, 1.82) is 0 Å². The number of ketones is 2. The van der Waals surface area contributed by atoms with Crippen LogP contribution in [0.3, 0.4) is 0 Å². The summed E-state index contributed by atoms with van der Waals surface area (Å²) in [5.41, 5.74) is 16.3. The maximum absolute atomic E-state index is 13.0. The molecule has 0 spiro atoms. The second-order valence-corrected chi connectivity index (χ2v) is 8.49. The normalized spacial score (nSPS) is 16.6. The Morgan fingerprint density at radius 1 is 0.676 bits per heavy atom. The van der Waals surface area contributed by atoms with Gasteiger partial charge in [0.25, 0.3) is 0 Å². The van der Waals surface area contributed by atoms with Crippen LogP contribution in [0.1, 0.15) is 26.3 Å². The number of fused-ring (bicyclic) bond motifs is 1. The number of carbonyl (C=O) groups excluding carboxylic acids is 2. The van der Waals surface area contributed by atoms with Crippen molar-refractivity contribution in [3.8, 4) is 0 Å². The Morgan fingerprint density at radius 3 is 1.76 bits per heavy atom. The minimum atomic E-state index is -0.369. The standard InChI is InChI=1S/C28H26N4O2/c29-24(25-26(30)28(34)23-9-5-4-8-22(23)27(25)33)18-19-10-12-21(13-11-19)32-16-14-31(15-17-32)20-6-2-1-3-7-20/h1-13,18H,14-17,29-30H2. The molecule has 0 amide bonds. The summed E-state index contributed by atoms with van der Waals surface area (Å²) >= 11 is 0. The van der Waals surface area contributed by atoms with Crippen LogP contribution in [0.4, 0.5) is 11.4 Å². The van der Waals surface area contributed by atoms with Gasteiger partial charge < -0.3 is 21.3 Å². The third-order valence-corrected chi connectivity index (χ3v) is 6.43. The van der Waals surface area contributed by atoms with Crippen molar-refractivity contribution in [3.05, 3.63) is 113 Å². The quantitative estimate of drug-likeness (QED) is 0.631. The van der Waals surface area contributed by atoms with Crippen molar-refractivity contribution >= 4 is 29.0 Å². The molecule has 2 aliphatic rings. The number of anilines is 2. The van der Waals surface area contributed by atoms with E-state index in [9.17, 15) is 9.59 Å². The predicted octanol–water partition coefficient (Wildman–Crippen LogP) is 3.60. The highest BCUT2D eigenvalue weighted by molar-refractivity contribution is 6.28. The Kier molecular flexibility index (Phi) is 5.64. The summed E-state index contributed by atoms with van der Waals surface area (Å²) in [6.07, 6.45) is 1.69. The van der Waals surface area contributed by atoms with Gasteiger partial charge in [-0.05, 0) is 35.9 Å². The fourth-order valence-electron chi connectivity index (χ4n) is 4.58. The molecule has 0 aromatic heterocycles. The molecule has 0 atom stereocenters. The highest BCUT2D eigenvalue weighted by atomic mass is 16.1. The SMILES string of the molecule is NC(=Cc1ccc(N2CCN(c3ccccc3)CC2)cc1)C1=C(N)C(=O)c2ccccc2C1=O. The van der Waals surface area contributed by atoms with Crippen LogP contribution in [0.2, 0.25) is 0 Å². The first-order valence-corrected chi connectivity index (χ1v) is 11.3. The van der Waals surface area contributed by atoms with E-state index < -0.39 is 0 Å². The summed E-state index contributed by atoms with van der Waals surface area (Å²) in [6.45, 7) is 3.80. The lowest BCUT2D eigenvalue weighted by molar-refractivity contribution is 0.0975. The van der Waals surface area contributed by atoms with Crippen molar-refractivity contribution in [2.24, 2.45) is 11.5 Å². The van der Waals surface area contributed by atoms with Crippen LogP contribution in [-0.2, 0) is 0 Å². The number of piperazine rings is 1. The topological polar surface area (TPSA) is 92.7 Å². The van der Waals surface area contributed by atoms with Crippen LogP contribution in [-0.4, -0.2) is 37.7 Å². The fraction of sp³-hybridized carbons (Fsp3) is 0.143. The van der Waals surface area contributed by atoms with Crippen LogP contribution >= 0.6 is 0 Å². The molecule has 6 heteroatoms. The molecule has 4 N–H and O–H groups in total. The Morgan fingerprint density at radius 2 is 1.18 bits per heavy atom. The zero-order valence-corrected chi connectivity index (χ0v) is 18.8. The minimum Gasteiger partial charge on any atom is -0.398 e. The largest absolute Gasteiger partial charge is 0.398 e. The van der Waals surface area contributed by atoms with E-state index in [4.69, 9.17) is 11.5 Å². The monoisotopic (exact) mass is 450 g/mol. The predicted molar refractivity (Wildman–Crippen MR) is 136 cm³/mol. The molecule has 3 aromatic carbocycles. The first kappa shape index (κ1) is 21.5. The number of carbonyl (C=O) groups is 2. The Hall–Kier alpha value is -4.32. The molecule has 170 valence electrons. The highest BCUT2D eigenvalue weighted by Crippen LogP contribution is 2.28. The van der Waals surface area contributed by atoms with E-state index in [0.717, 1.165) is 37.4 Å². The van der Waals surface area contributed by atoms with Crippen LogP contribution in [0.15, 0.2) is 95.8 Å². The molecule has 1 fully saturated rings. The van der Waals surface area contributed by atoms with Crippen molar-refractivity contribution in [3.63, 3.8) is 0 Å². The smallest absolute Gasteiger partial charge is 0.210 e. The lowest BCUT2D eigenvalue weighted by atomic mass is 9.86. The molecule has 0 radical (unpaired) electrons. The van der Waals surface area contributed by atoms with Crippen molar-refractivity contribution in [2.45, 2.75) is 0 Å². The third kappa shape index (κ3) is 3.94. The van der Waals surface area contributed by atoms with Gasteiger partial charge in [0.05, 0.1) is 11.3 Å². The van der Waals surface area contributed by atoms with Gasteiger partial charge in [-0.2, -0.15) is 0 Å². The summed E-state index contributed by atoms with van der Waals surface area (Å²) in [4.78, 5) is 30.4. The van der Waals surface area contributed by atoms with E-state index in [1.54, 1.807) is 30.3 Å². The van der Waals surface area contributed by atoms with Gasteiger partial charge in [0.15, 0.2) is 5.78 Å². The molecule has 0 unspecified atom stereocenters. The van der Waals surface area contributed by atoms with Crippen LogP contribution in [0.25, 0.3) is 6.08 Å². The summed E-state index contributed by atoms with van der Waals surface area (Å²) < 4.78 is 0. The molecule has 0 bridgehead atoms. The number of hydrogen-bond donors (Lipinski definition) is 2. The molecular formula is C28H26N4O2.